The maximum absolute atomic E-state index is 13.4. The number of nitrogens with zero attached hydrogens (tertiary/aromatic N) is 1. The molecule has 3 atom stereocenters. The monoisotopic (exact) mass is 349 g/mol. The predicted octanol–water partition coefficient (Wildman–Crippen LogP) is 1.48. The highest BCUT2D eigenvalue weighted by Gasteiger charge is 2.31. The third-order valence-electron chi connectivity index (χ3n) is 4.59. The summed E-state index contributed by atoms with van der Waals surface area (Å²) in [5.41, 5.74) is 1.04. The molecule has 2 N–H and O–H groups in total. The summed E-state index contributed by atoms with van der Waals surface area (Å²) >= 11 is 0. The minimum absolute atomic E-state index is 0.0795. The van der Waals surface area contributed by atoms with Crippen molar-refractivity contribution < 1.29 is 18.7 Å². The summed E-state index contributed by atoms with van der Waals surface area (Å²) in [5.74, 6) is -1.48. The topological polar surface area (TPSA) is 70.7 Å². The van der Waals surface area contributed by atoms with Crippen molar-refractivity contribution in [3.8, 4) is 0 Å². The molecule has 0 radical (unpaired) electrons. The molecule has 7 heteroatoms. The molecular weight excluding hydrogens is 325 g/mol. The minimum Gasteiger partial charge on any atom is -0.373 e. The molecule has 0 bridgehead atoms. The molecule has 3 rings (SSSR count). The summed E-state index contributed by atoms with van der Waals surface area (Å²) in [6.45, 7) is 7.00. The highest BCUT2D eigenvalue weighted by Crippen LogP contribution is 2.32. The van der Waals surface area contributed by atoms with E-state index in [2.05, 4.69) is 15.5 Å². The molecule has 0 unspecified atom stereocenters. The van der Waals surface area contributed by atoms with E-state index in [1.54, 1.807) is 6.07 Å². The maximum Gasteiger partial charge on any atom is 0.228 e. The molecule has 0 aromatic heterocycles. The number of hydrogen-bond acceptors (Lipinski definition) is 4. The first-order valence-corrected chi connectivity index (χ1v) is 8.67. The van der Waals surface area contributed by atoms with E-state index in [0.717, 1.165) is 19.6 Å². The second-order valence-corrected chi connectivity index (χ2v) is 6.84. The smallest absolute Gasteiger partial charge is 0.228 e. The van der Waals surface area contributed by atoms with E-state index in [-0.39, 0.29) is 30.4 Å². The lowest BCUT2D eigenvalue weighted by molar-refractivity contribution is -0.126. The van der Waals surface area contributed by atoms with Crippen molar-refractivity contribution in [2.24, 2.45) is 0 Å². The number of benzene rings is 1. The molecule has 0 spiro atoms. The SMILES string of the molecule is C[C@@H]1CN(CCNC(=O)[C@H]2CC(=O)Nc3cc(F)ccc32)C[C@@H](C)O1. The number of morpholine rings is 1. The fourth-order valence-corrected chi connectivity index (χ4v) is 3.60. The maximum atomic E-state index is 13.4. The van der Waals surface area contributed by atoms with Crippen LogP contribution in [0.15, 0.2) is 18.2 Å². The summed E-state index contributed by atoms with van der Waals surface area (Å²) in [6.07, 6.45) is 0.447. The Bertz CT molecular complexity index is 657. The van der Waals surface area contributed by atoms with Gasteiger partial charge in [0.15, 0.2) is 0 Å². The first-order valence-electron chi connectivity index (χ1n) is 8.67. The number of halogens is 1. The van der Waals surface area contributed by atoms with Gasteiger partial charge in [-0.1, -0.05) is 6.07 Å². The van der Waals surface area contributed by atoms with Crippen molar-refractivity contribution in [3.63, 3.8) is 0 Å². The minimum atomic E-state index is -0.577. The fraction of sp³-hybridized carbons (Fsp3) is 0.556. The molecule has 1 fully saturated rings. The summed E-state index contributed by atoms with van der Waals surface area (Å²) in [6, 6.07) is 4.13. The summed E-state index contributed by atoms with van der Waals surface area (Å²) in [5, 5.41) is 5.53. The molecule has 2 amide bonds. The first kappa shape index (κ1) is 17.8. The normalized spacial score (nSPS) is 26.7. The number of carbonyl (C=O) groups is 2. The van der Waals surface area contributed by atoms with Gasteiger partial charge in [-0.15, -0.1) is 0 Å². The molecular formula is C18H24FN3O3. The van der Waals surface area contributed by atoms with Gasteiger partial charge >= 0.3 is 0 Å². The zero-order valence-corrected chi connectivity index (χ0v) is 14.5. The van der Waals surface area contributed by atoms with Crippen LogP contribution in [0.3, 0.4) is 0 Å². The Hall–Kier alpha value is -1.99. The number of carbonyl (C=O) groups excluding carboxylic acids is 2. The van der Waals surface area contributed by atoms with Gasteiger partial charge in [0.25, 0.3) is 0 Å². The number of amides is 2. The zero-order valence-electron chi connectivity index (χ0n) is 14.5. The number of hydrogen-bond donors (Lipinski definition) is 2. The van der Waals surface area contributed by atoms with Gasteiger partial charge in [-0.3, -0.25) is 14.5 Å². The van der Waals surface area contributed by atoms with Crippen molar-refractivity contribution in [2.45, 2.75) is 38.4 Å². The highest BCUT2D eigenvalue weighted by atomic mass is 19.1. The van der Waals surface area contributed by atoms with Crippen LogP contribution in [0.5, 0.6) is 0 Å². The van der Waals surface area contributed by atoms with Gasteiger partial charge in [0.2, 0.25) is 11.8 Å². The average molecular weight is 349 g/mol. The van der Waals surface area contributed by atoms with Gasteiger partial charge in [0.1, 0.15) is 5.82 Å². The molecule has 25 heavy (non-hydrogen) atoms. The lowest BCUT2D eigenvalue weighted by atomic mass is 9.89. The van der Waals surface area contributed by atoms with Gasteiger partial charge in [0.05, 0.1) is 18.1 Å². The van der Waals surface area contributed by atoms with Crippen LogP contribution in [0.2, 0.25) is 0 Å². The van der Waals surface area contributed by atoms with Crippen LogP contribution in [-0.2, 0) is 14.3 Å². The predicted molar refractivity (Wildman–Crippen MR) is 91.8 cm³/mol. The van der Waals surface area contributed by atoms with E-state index in [9.17, 15) is 14.0 Å². The fourth-order valence-electron chi connectivity index (χ4n) is 3.60. The number of ether oxygens (including phenoxy) is 1. The number of anilines is 1. The summed E-state index contributed by atoms with van der Waals surface area (Å²) in [7, 11) is 0. The van der Waals surface area contributed by atoms with Crippen molar-refractivity contribution in [1.82, 2.24) is 10.2 Å². The van der Waals surface area contributed by atoms with E-state index in [4.69, 9.17) is 4.74 Å². The van der Waals surface area contributed by atoms with Gasteiger partial charge in [0, 0.05) is 38.3 Å². The Kier molecular flexibility index (Phi) is 5.34. The second-order valence-electron chi connectivity index (χ2n) is 6.84. The third-order valence-corrected chi connectivity index (χ3v) is 4.59. The van der Waals surface area contributed by atoms with E-state index in [0.29, 0.717) is 17.8 Å². The molecule has 136 valence electrons. The van der Waals surface area contributed by atoms with Crippen LogP contribution in [-0.4, -0.2) is 55.1 Å². The van der Waals surface area contributed by atoms with Gasteiger partial charge in [-0.2, -0.15) is 0 Å². The summed E-state index contributed by atoms with van der Waals surface area (Å²) in [4.78, 5) is 26.6. The Morgan fingerprint density at radius 3 is 2.80 bits per heavy atom. The number of rotatable bonds is 4. The van der Waals surface area contributed by atoms with Crippen LogP contribution < -0.4 is 10.6 Å². The van der Waals surface area contributed by atoms with E-state index in [1.165, 1.54) is 12.1 Å². The van der Waals surface area contributed by atoms with E-state index in [1.807, 2.05) is 13.8 Å². The molecule has 2 heterocycles. The van der Waals surface area contributed by atoms with Crippen molar-refractivity contribution >= 4 is 17.5 Å². The zero-order chi connectivity index (χ0) is 18.0. The largest absolute Gasteiger partial charge is 0.373 e. The Morgan fingerprint density at radius 2 is 2.08 bits per heavy atom. The van der Waals surface area contributed by atoms with Crippen LogP contribution in [0.25, 0.3) is 0 Å². The van der Waals surface area contributed by atoms with Gasteiger partial charge in [-0.25, -0.2) is 4.39 Å². The molecule has 0 aliphatic carbocycles. The van der Waals surface area contributed by atoms with Crippen LogP contribution in [0.4, 0.5) is 10.1 Å². The third kappa shape index (κ3) is 4.35. The van der Waals surface area contributed by atoms with Crippen LogP contribution in [0, 0.1) is 5.82 Å². The molecule has 1 saturated heterocycles. The second kappa shape index (κ2) is 7.49. The van der Waals surface area contributed by atoms with E-state index >= 15 is 0 Å². The Labute approximate surface area is 146 Å². The number of fused-ring (bicyclic) bond motifs is 1. The first-order chi connectivity index (χ1) is 11.9. The van der Waals surface area contributed by atoms with Crippen LogP contribution in [0.1, 0.15) is 31.7 Å². The molecule has 2 aliphatic heterocycles. The van der Waals surface area contributed by atoms with Crippen molar-refractivity contribution in [1.29, 1.82) is 0 Å². The molecule has 1 aromatic rings. The van der Waals surface area contributed by atoms with Crippen LogP contribution >= 0.6 is 0 Å². The highest BCUT2D eigenvalue weighted by molar-refractivity contribution is 6.01. The van der Waals surface area contributed by atoms with Crippen molar-refractivity contribution in [2.75, 3.05) is 31.5 Å². The lowest BCUT2D eigenvalue weighted by Gasteiger charge is -2.35. The van der Waals surface area contributed by atoms with E-state index < -0.39 is 11.7 Å². The average Bonchev–Trinajstić information content (AvgIpc) is 2.52. The van der Waals surface area contributed by atoms with Crippen molar-refractivity contribution in [3.05, 3.63) is 29.6 Å². The molecule has 6 nitrogen and oxygen atoms in total. The molecule has 0 saturated carbocycles. The molecule has 2 aliphatic rings. The molecule has 1 aromatic carbocycles. The van der Waals surface area contributed by atoms with Gasteiger partial charge in [-0.05, 0) is 31.5 Å². The Balaban J connectivity index is 1.58. The van der Waals surface area contributed by atoms with Gasteiger partial charge < -0.3 is 15.4 Å². The standard InChI is InChI=1S/C18H24FN3O3/c1-11-9-22(10-12(2)25-11)6-5-20-18(24)15-8-17(23)21-16-7-13(19)3-4-14(15)16/h3-4,7,11-12,15H,5-6,8-10H2,1-2H3,(H,20,24)(H,21,23)/t11-,12-,15+/m1/s1. The number of nitrogens with one attached hydrogen (secondary N) is 2. The Morgan fingerprint density at radius 1 is 1.36 bits per heavy atom. The lowest BCUT2D eigenvalue weighted by Crippen LogP contribution is -2.48. The quantitative estimate of drug-likeness (QED) is 0.864. The summed E-state index contributed by atoms with van der Waals surface area (Å²) < 4.78 is 19.0.